The van der Waals surface area contributed by atoms with Crippen molar-refractivity contribution in [1.82, 2.24) is 15.6 Å². The number of fused-ring (bicyclic) bond motifs is 1. The van der Waals surface area contributed by atoms with Crippen LogP contribution < -0.4 is 15.4 Å². The number of para-hydroxylation sites is 1. The summed E-state index contributed by atoms with van der Waals surface area (Å²) in [5, 5.41) is 8.06. The number of hydrogen-bond donors (Lipinski definition) is 2. The van der Waals surface area contributed by atoms with Crippen molar-refractivity contribution in [2.24, 2.45) is 4.99 Å². The van der Waals surface area contributed by atoms with Crippen LogP contribution in [0.2, 0.25) is 0 Å². The molecule has 1 aromatic heterocycles. The van der Waals surface area contributed by atoms with Crippen LogP contribution >= 0.6 is 11.3 Å². The van der Waals surface area contributed by atoms with Gasteiger partial charge in [-0.15, -0.1) is 11.3 Å². The topological polar surface area (TPSA) is 58.5 Å². The highest BCUT2D eigenvalue weighted by atomic mass is 32.1. The molecule has 0 aliphatic carbocycles. The minimum Gasteiger partial charge on any atom is -0.493 e. The third-order valence-electron chi connectivity index (χ3n) is 4.16. The quantitative estimate of drug-likeness (QED) is 0.614. The predicted molar refractivity (Wildman–Crippen MR) is 104 cm³/mol. The predicted octanol–water partition coefficient (Wildman–Crippen LogP) is 3.33. The summed E-state index contributed by atoms with van der Waals surface area (Å²) in [5.74, 6) is 1.83. The van der Waals surface area contributed by atoms with E-state index in [0.717, 1.165) is 55.7 Å². The van der Waals surface area contributed by atoms with E-state index in [-0.39, 0.29) is 6.04 Å². The van der Waals surface area contributed by atoms with Crippen molar-refractivity contribution in [2.75, 3.05) is 19.7 Å². The van der Waals surface area contributed by atoms with Crippen molar-refractivity contribution in [3.8, 4) is 5.75 Å². The number of aryl methyl sites for hydroxylation is 1. The molecule has 2 heterocycles. The van der Waals surface area contributed by atoms with Gasteiger partial charge in [0.05, 0.1) is 17.7 Å². The van der Waals surface area contributed by atoms with Gasteiger partial charge in [0, 0.05) is 42.6 Å². The molecule has 2 aromatic rings. The molecule has 2 N–H and O–H groups in total. The Morgan fingerprint density at radius 1 is 1.36 bits per heavy atom. The summed E-state index contributed by atoms with van der Waals surface area (Å²) >= 11 is 1.79. The molecule has 1 unspecified atom stereocenters. The van der Waals surface area contributed by atoms with Crippen LogP contribution in [0.1, 0.15) is 41.8 Å². The highest BCUT2D eigenvalue weighted by molar-refractivity contribution is 7.11. The standard InChI is InChI=1S/C19H26N4OS/c1-3-14-13-22-18(25-14)9-11-21-19(20-4-2)23-16-10-12-24-17-8-6-5-7-15(16)17/h5-8,13,16H,3-4,9-12H2,1-2H3,(H2,20,21,23). The summed E-state index contributed by atoms with van der Waals surface area (Å²) in [7, 11) is 0. The van der Waals surface area contributed by atoms with Gasteiger partial charge in [0.15, 0.2) is 5.96 Å². The molecule has 0 amide bonds. The van der Waals surface area contributed by atoms with Crippen LogP contribution in [-0.2, 0) is 12.8 Å². The summed E-state index contributed by atoms with van der Waals surface area (Å²) in [6.45, 7) is 6.55. The van der Waals surface area contributed by atoms with Crippen LogP contribution in [0.5, 0.6) is 5.75 Å². The molecule has 5 nitrogen and oxygen atoms in total. The fourth-order valence-corrected chi connectivity index (χ4v) is 3.72. The highest BCUT2D eigenvalue weighted by Gasteiger charge is 2.21. The molecule has 0 saturated heterocycles. The molecule has 0 saturated carbocycles. The average Bonchev–Trinajstić information content (AvgIpc) is 3.10. The first kappa shape index (κ1) is 17.7. The van der Waals surface area contributed by atoms with E-state index in [1.165, 1.54) is 10.4 Å². The van der Waals surface area contributed by atoms with E-state index in [2.05, 4.69) is 41.6 Å². The van der Waals surface area contributed by atoms with Crippen LogP contribution in [0.15, 0.2) is 35.5 Å². The van der Waals surface area contributed by atoms with E-state index >= 15 is 0 Å². The Kier molecular flexibility index (Phi) is 6.28. The lowest BCUT2D eigenvalue weighted by Crippen LogP contribution is -2.41. The number of thiazole rings is 1. The van der Waals surface area contributed by atoms with Gasteiger partial charge < -0.3 is 15.4 Å². The van der Waals surface area contributed by atoms with E-state index in [4.69, 9.17) is 9.73 Å². The summed E-state index contributed by atoms with van der Waals surface area (Å²) in [4.78, 5) is 10.5. The fourth-order valence-electron chi connectivity index (χ4n) is 2.87. The Morgan fingerprint density at radius 2 is 2.24 bits per heavy atom. The van der Waals surface area contributed by atoms with Gasteiger partial charge in [0.25, 0.3) is 0 Å². The van der Waals surface area contributed by atoms with Gasteiger partial charge in [0.2, 0.25) is 0 Å². The molecule has 1 aliphatic rings. The zero-order valence-electron chi connectivity index (χ0n) is 14.9. The molecule has 6 heteroatoms. The smallest absolute Gasteiger partial charge is 0.191 e. The Hall–Kier alpha value is -2.08. The lowest BCUT2D eigenvalue weighted by Gasteiger charge is -2.28. The molecular weight excluding hydrogens is 332 g/mol. The third-order valence-corrected chi connectivity index (χ3v) is 5.36. The molecule has 1 aromatic carbocycles. The molecule has 1 aliphatic heterocycles. The van der Waals surface area contributed by atoms with Gasteiger partial charge in [0.1, 0.15) is 5.75 Å². The number of ether oxygens (including phenoxy) is 1. The van der Waals surface area contributed by atoms with Crippen LogP contribution in [0.4, 0.5) is 0 Å². The molecule has 134 valence electrons. The maximum atomic E-state index is 5.74. The molecule has 25 heavy (non-hydrogen) atoms. The number of nitrogens with zero attached hydrogens (tertiary/aromatic N) is 2. The van der Waals surface area contributed by atoms with Gasteiger partial charge >= 0.3 is 0 Å². The van der Waals surface area contributed by atoms with E-state index in [9.17, 15) is 0 Å². The molecule has 0 bridgehead atoms. The van der Waals surface area contributed by atoms with Gasteiger partial charge in [-0.25, -0.2) is 4.98 Å². The van der Waals surface area contributed by atoms with Gasteiger partial charge in [-0.3, -0.25) is 4.99 Å². The lowest BCUT2D eigenvalue weighted by atomic mass is 10.0. The minimum atomic E-state index is 0.231. The fraction of sp³-hybridized carbons (Fsp3) is 0.474. The van der Waals surface area contributed by atoms with Crippen LogP contribution in [0.25, 0.3) is 0 Å². The average molecular weight is 359 g/mol. The Bertz CT molecular complexity index is 713. The van der Waals surface area contributed by atoms with Crippen LogP contribution in [0.3, 0.4) is 0 Å². The Morgan fingerprint density at radius 3 is 3.04 bits per heavy atom. The van der Waals surface area contributed by atoms with Crippen molar-refractivity contribution in [1.29, 1.82) is 0 Å². The van der Waals surface area contributed by atoms with Crippen molar-refractivity contribution in [2.45, 2.75) is 39.2 Å². The van der Waals surface area contributed by atoms with Gasteiger partial charge in [-0.1, -0.05) is 25.1 Å². The zero-order valence-corrected chi connectivity index (χ0v) is 15.7. The van der Waals surface area contributed by atoms with Crippen molar-refractivity contribution in [3.63, 3.8) is 0 Å². The number of nitrogens with one attached hydrogen (secondary N) is 2. The summed E-state index contributed by atoms with van der Waals surface area (Å²) in [5.41, 5.74) is 1.20. The second-order valence-electron chi connectivity index (χ2n) is 5.96. The number of guanidine groups is 1. The second-order valence-corrected chi connectivity index (χ2v) is 7.16. The second kappa shape index (κ2) is 8.85. The van der Waals surface area contributed by atoms with E-state index in [1.54, 1.807) is 11.3 Å². The Balaban J connectivity index is 1.63. The lowest BCUT2D eigenvalue weighted by molar-refractivity contribution is 0.261. The van der Waals surface area contributed by atoms with E-state index in [0.29, 0.717) is 0 Å². The number of aliphatic imine (C=N–C) groups is 1. The maximum absolute atomic E-state index is 5.74. The number of rotatable bonds is 6. The van der Waals surface area contributed by atoms with Gasteiger partial charge in [-0.05, 0) is 19.4 Å². The first-order valence-corrected chi connectivity index (χ1v) is 9.82. The monoisotopic (exact) mass is 358 g/mol. The molecular formula is C19H26N4OS. The first-order chi connectivity index (χ1) is 12.3. The van der Waals surface area contributed by atoms with Crippen molar-refractivity contribution in [3.05, 3.63) is 45.9 Å². The van der Waals surface area contributed by atoms with E-state index in [1.807, 2.05) is 18.3 Å². The summed E-state index contributed by atoms with van der Waals surface area (Å²) < 4.78 is 5.74. The maximum Gasteiger partial charge on any atom is 0.191 e. The SMILES string of the molecule is CCNC(=NCCc1ncc(CC)s1)NC1CCOc2ccccc21. The molecule has 0 spiro atoms. The van der Waals surface area contributed by atoms with Crippen LogP contribution in [-0.4, -0.2) is 30.6 Å². The minimum absolute atomic E-state index is 0.231. The number of aromatic nitrogens is 1. The molecule has 1 atom stereocenters. The zero-order chi connectivity index (χ0) is 17.5. The van der Waals surface area contributed by atoms with Crippen LogP contribution in [0, 0.1) is 0 Å². The number of benzene rings is 1. The molecule has 0 radical (unpaired) electrons. The first-order valence-electron chi connectivity index (χ1n) is 9.00. The summed E-state index contributed by atoms with van der Waals surface area (Å²) in [6.07, 6.45) is 4.85. The largest absolute Gasteiger partial charge is 0.493 e. The van der Waals surface area contributed by atoms with Crippen molar-refractivity contribution < 1.29 is 4.74 Å². The number of hydrogen-bond acceptors (Lipinski definition) is 4. The van der Waals surface area contributed by atoms with E-state index < -0.39 is 0 Å². The van der Waals surface area contributed by atoms with Crippen molar-refractivity contribution >= 4 is 17.3 Å². The molecule has 0 fully saturated rings. The normalized spacial score (nSPS) is 16.9. The van der Waals surface area contributed by atoms with Gasteiger partial charge in [-0.2, -0.15) is 0 Å². The Labute approximate surface area is 153 Å². The summed E-state index contributed by atoms with van der Waals surface area (Å²) in [6, 6.07) is 8.45. The third kappa shape index (κ3) is 4.72. The highest BCUT2D eigenvalue weighted by Crippen LogP contribution is 2.31. The molecule has 3 rings (SSSR count).